The minimum atomic E-state index is -0.100. The van der Waals surface area contributed by atoms with E-state index in [0.717, 1.165) is 18.5 Å². The van der Waals surface area contributed by atoms with Crippen LogP contribution in [0.5, 0.6) is 11.5 Å². The minimum absolute atomic E-state index is 0.100. The molecule has 0 saturated carbocycles. The number of benzene rings is 2. The second-order valence-corrected chi connectivity index (χ2v) is 6.93. The molecule has 3 aromatic rings. The van der Waals surface area contributed by atoms with Crippen LogP contribution in [0.25, 0.3) is 0 Å². The fourth-order valence-corrected chi connectivity index (χ4v) is 3.47. The van der Waals surface area contributed by atoms with Crippen molar-refractivity contribution in [3.8, 4) is 17.6 Å². The number of carbonyl (C=O) groups is 1. The average molecular weight is 387 g/mol. The van der Waals surface area contributed by atoms with Crippen LogP contribution < -0.4 is 10.1 Å². The van der Waals surface area contributed by atoms with Gasteiger partial charge < -0.3 is 19.9 Å². The number of piperidine rings is 1. The Morgan fingerprint density at radius 1 is 1.17 bits per heavy atom. The van der Waals surface area contributed by atoms with Crippen LogP contribution in [0.4, 0.5) is 10.5 Å². The normalized spacial score (nSPS) is 14.2. The number of nitriles is 1. The van der Waals surface area contributed by atoms with Crippen LogP contribution in [-0.2, 0) is 0 Å². The van der Waals surface area contributed by atoms with Gasteiger partial charge in [-0.15, -0.1) is 0 Å². The molecule has 1 aliphatic heterocycles. The summed E-state index contributed by atoms with van der Waals surface area (Å²) >= 11 is 0. The first kappa shape index (κ1) is 18.6. The molecule has 1 aromatic heterocycles. The van der Waals surface area contributed by atoms with Crippen LogP contribution in [-0.4, -0.2) is 34.0 Å². The van der Waals surface area contributed by atoms with Crippen molar-refractivity contribution in [3.05, 3.63) is 72.3 Å². The van der Waals surface area contributed by atoms with Crippen LogP contribution >= 0.6 is 0 Å². The predicted octanol–water partition coefficient (Wildman–Crippen LogP) is 4.49. The van der Waals surface area contributed by atoms with E-state index in [4.69, 9.17) is 10.00 Å². The smallest absolute Gasteiger partial charge is 0.321 e. The Labute approximate surface area is 169 Å². The molecule has 0 atom stereocenters. The fraction of sp³-hybridized carbons (Fsp3) is 0.227. The molecule has 1 fully saturated rings. The van der Waals surface area contributed by atoms with Crippen LogP contribution in [0.1, 0.15) is 30.0 Å². The first-order valence-corrected chi connectivity index (χ1v) is 9.54. The number of aromatic nitrogens is 2. The number of amides is 2. The summed E-state index contributed by atoms with van der Waals surface area (Å²) in [6, 6.07) is 16.2. The molecule has 1 saturated heterocycles. The van der Waals surface area contributed by atoms with Gasteiger partial charge in [-0.3, -0.25) is 0 Å². The van der Waals surface area contributed by atoms with Gasteiger partial charge in [0.2, 0.25) is 0 Å². The zero-order chi connectivity index (χ0) is 20.1. The van der Waals surface area contributed by atoms with Gasteiger partial charge in [-0.25, -0.2) is 9.78 Å². The summed E-state index contributed by atoms with van der Waals surface area (Å²) in [5.41, 5.74) is 2.31. The Hall–Kier alpha value is -3.79. The summed E-state index contributed by atoms with van der Waals surface area (Å²) in [4.78, 5) is 21.6. The lowest BCUT2D eigenvalue weighted by molar-refractivity contribution is 0.194. The third kappa shape index (κ3) is 4.38. The highest BCUT2D eigenvalue weighted by Gasteiger charge is 2.24. The van der Waals surface area contributed by atoms with Gasteiger partial charge in [-0.2, -0.15) is 5.26 Å². The number of H-pyrrole nitrogens is 1. The van der Waals surface area contributed by atoms with Crippen molar-refractivity contribution in [3.63, 3.8) is 0 Å². The molecule has 7 nitrogen and oxygen atoms in total. The molecule has 0 aliphatic carbocycles. The third-order valence-electron chi connectivity index (χ3n) is 5.08. The summed E-state index contributed by atoms with van der Waals surface area (Å²) in [7, 11) is 0. The zero-order valence-electron chi connectivity index (χ0n) is 15.8. The average Bonchev–Trinajstić information content (AvgIpc) is 3.30. The predicted molar refractivity (Wildman–Crippen MR) is 109 cm³/mol. The van der Waals surface area contributed by atoms with Crippen LogP contribution in [0, 0.1) is 11.3 Å². The number of urea groups is 1. The lowest BCUT2D eigenvalue weighted by Gasteiger charge is -2.31. The van der Waals surface area contributed by atoms with Gasteiger partial charge in [0, 0.05) is 36.6 Å². The number of anilines is 1. The van der Waals surface area contributed by atoms with E-state index in [1.54, 1.807) is 48.8 Å². The molecule has 1 aliphatic rings. The molecule has 0 unspecified atom stereocenters. The number of likely N-dealkylation sites (tertiary alicyclic amines) is 1. The van der Waals surface area contributed by atoms with Gasteiger partial charge in [0.1, 0.15) is 17.6 Å². The van der Waals surface area contributed by atoms with Crippen molar-refractivity contribution in [2.75, 3.05) is 18.4 Å². The Kier molecular flexibility index (Phi) is 5.43. The fourth-order valence-electron chi connectivity index (χ4n) is 3.47. The molecule has 29 heavy (non-hydrogen) atoms. The molecular weight excluding hydrogens is 366 g/mol. The largest absolute Gasteiger partial charge is 0.456 e. The molecule has 7 heteroatoms. The van der Waals surface area contributed by atoms with Crippen molar-refractivity contribution >= 4 is 11.7 Å². The Morgan fingerprint density at radius 3 is 2.62 bits per heavy atom. The second-order valence-electron chi connectivity index (χ2n) is 6.93. The second kappa shape index (κ2) is 8.48. The highest BCUT2D eigenvalue weighted by molar-refractivity contribution is 5.89. The first-order chi connectivity index (χ1) is 14.2. The topological polar surface area (TPSA) is 94.0 Å². The van der Waals surface area contributed by atoms with Gasteiger partial charge >= 0.3 is 6.03 Å². The standard InChI is InChI=1S/C22H21N5O2/c23-13-17-3-1-2-4-21(17)29-19-7-5-18(6-8-19)26-22(28)27-11-9-16(10-12-27)20-14-24-15-25-20/h1-8,14-16H,9-12H2,(H,24,25)(H,26,28). The van der Waals surface area contributed by atoms with Crippen molar-refractivity contribution in [2.45, 2.75) is 18.8 Å². The van der Waals surface area contributed by atoms with Gasteiger partial charge in [-0.1, -0.05) is 12.1 Å². The lowest BCUT2D eigenvalue weighted by atomic mass is 9.94. The van der Waals surface area contributed by atoms with E-state index in [1.807, 2.05) is 17.2 Å². The van der Waals surface area contributed by atoms with E-state index in [0.29, 0.717) is 41.8 Å². The molecule has 2 amide bonds. The van der Waals surface area contributed by atoms with E-state index in [9.17, 15) is 4.79 Å². The van der Waals surface area contributed by atoms with Gasteiger partial charge in [0.25, 0.3) is 0 Å². The third-order valence-corrected chi connectivity index (χ3v) is 5.08. The number of ether oxygens (including phenoxy) is 1. The molecule has 146 valence electrons. The Bertz CT molecular complexity index is 1000. The molecule has 4 rings (SSSR count). The number of nitrogens with zero attached hydrogens (tertiary/aromatic N) is 3. The highest BCUT2D eigenvalue weighted by Crippen LogP contribution is 2.28. The van der Waals surface area contributed by atoms with Crippen molar-refractivity contribution in [2.24, 2.45) is 0 Å². The number of para-hydroxylation sites is 1. The van der Waals surface area contributed by atoms with Crippen molar-refractivity contribution in [1.82, 2.24) is 14.9 Å². The molecule has 2 aromatic carbocycles. The maximum absolute atomic E-state index is 12.5. The number of rotatable bonds is 4. The molecular formula is C22H21N5O2. The first-order valence-electron chi connectivity index (χ1n) is 9.54. The van der Waals surface area contributed by atoms with E-state index in [-0.39, 0.29) is 6.03 Å². The zero-order valence-corrected chi connectivity index (χ0v) is 15.8. The monoisotopic (exact) mass is 387 g/mol. The van der Waals surface area contributed by atoms with E-state index < -0.39 is 0 Å². The maximum Gasteiger partial charge on any atom is 0.321 e. The van der Waals surface area contributed by atoms with Crippen molar-refractivity contribution in [1.29, 1.82) is 5.26 Å². The SMILES string of the molecule is N#Cc1ccccc1Oc1ccc(NC(=O)N2CCC(c3cnc[nH]3)CC2)cc1. The minimum Gasteiger partial charge on any atom is -0.456 e. The van der Waals surface area contributed by atoms with Crippen LogP contribution in [0.3, 0.4) is 0 Å². The number of imidazole rings is 1. The van der Waals surface area contributed by atoms with E-state index >= 15 is 0 Å². The summed E-state index contributed by atoms with van der Waals surface area (Å²) in [5, 5.41) is 12.1. The van der Waals surface area contributed by atoms with Crippen LogP contribution in [0.2, 0.25) is 0 Å². The van der Waals surface area contributed by atoms with Gasteiger partial charge in [0.15, 0.2) is 0 Å². The van der Waals surface area contributed by atoms with E-state index in [2.05, 4.69) is 21.4 Å². The van der Waals surface area contributed by atoms with Gasteiger partial charge in [0.05, 0.1) is 11.9 Å². The number of carbonyl (C=O) groups excluding carboxylic acids is 1. The summed E-state index contributed by atoms with van der Waals surface area (Å²) < 4.78 is 5.77. The number of aromatic amines is 1. The molecule has 0 bridgehead atoms. The van der Waals surface area contributed by atoms with Crippen molar-refractivity contribution < 1.29 is 9.53 Å². The summed E-state index contributed by atoms with van der Waals surface area (Å²) in [5.74, 6) is 1.53. The molecule has 0 spiro atoms. The summed E-state index contributed by atoms with van der Waals surface area (Å²) in [6.45, 7) is 1.42. The van der Waals surface area contributed by atoms with Crippen LogP contribution in [0.15, 0.2) is 61.1 Å². The number of nitrogens with one attached hydrogen (secondary N) is 2. The van der Waals surface area contributed by atoms with Gasteiger partial charge in [-0.05, 0) is 49.2 Å². The maximum atomic E-state index is 12.5. The molecule has 2 N–H and O–H groups in total. The summed E-state index contributed by atoms with van der Waals surface area (Å²) in [6.07, 6.45) is 5.39. The Balaban J connectivity index is 1.32. The number of hydrogen-bond acceptors (Lipinski definition) is 4. The van der Waals surface area contributed by atoms with E-state index in [1.165, 1.54) is 0 Å². The Morgan fingerprint density at radius 2 is 1.93 bits per heavy atom. The quantitative estimate of drug-likeness (QED) is 0.690. The molecule has 0 radical (unpaired) electrons. The highest BCUT2D eigenvalue weighted by atomic mass is 16.5. The number of hydrogen-bond donors (Lipinski definition) is 2. The lowest BCUT2D eigenvalue weighted by Crippen LogP contribution is -2.40. The molecule has 2 heterocycles.